The first-order valence-electron chi connectivity index (χ1n) is 8.67. The molecule has 0 bridgehead atoms. The second-order valence-electron chi connectivity index (χ2n) is 6.02. The van der Waals surface area contributed by atoms with E-state index in [1.54, 1.807) is 23.9 Å². The Labute approximate surface area is 177 Å². The Bertz CT molecular complexity index is 982. The number of aromatic nitrogens is 2. The van der Waals surface area contributed by atoms with Gasteiger partial charge in [-0.25, -0.2) is 0 Å². The van der Waals surface area contributed by atoms with Crippen LogP contribution in [0.5, 0.6) is 17.2 Å². The Balaban J connectivity index is 1.68. The molecular weight excluding hydrogens is 410 g/mol. The molecule has 9 heteroatoms. The average molecular weight is 432 g/mol. The lowest BCUT2D eigenvalue weighted by Gasteiger charge is -2.13. The quantitative estimate of drug-likeness (QED) is 0.418. The third-order valence-electron chi connectivity index (χ3n) is 4.00. The van der Waals surface area contributed by atoms with E-state index in [1.165, 1.54) is 43.8 Å². The molecule has 7 nitrogen and oxygen atoms in total. The lowest BCUT2D eigenvalue weighted by Crippen LogP contribution is -2.12. The van der Waals surface area contributed by atoms with Crippen LogP contribution in [-0.2, 0) is 5.75 Å². The standard InChI is InChI=1S/C20H21N3O4S2/c1-12-6-5-7-13(8-12)11-28-20-23-22-19(29-20)21-18(24)14-9-15(25-2)17(27-4)16(10-14)26-3/h5-10H,11H2,1-4H3,(H,21,22,24). The molecule has 0 spiro atoms. The fourth-order valence-electron chi connectivity index (χ4n) is 2.65. The number of anilines is 1. The smallest absolute Gasteiger partial charge is 0.257 e. The minimum Gasteiger partial charge on any atom is -0.493 e. The number of aryl methyl sites for hydroxylation is 1. The van der Waals surface area contributed by atoms with Crippen LogP contribution in [0.4, 0.5) is 5.13 Å². The summed E-state index contributed by atoms with van der Waals surface area (Å²) < 4.78 is 16.6. The SMILES string of the molecule is COc1cc(C(=O)Nc2nnc(SCc3cccc(C)c3)s2)cc(OC)c1OC. The van der Waals surface area contributed by atoms with E-state index in [0.29, 0.717) is 27.9 Å². The maximum atomic E-state index is 12.6. The molecule has 0 saturated heterocycles. The van der Waals surface area contributed by atoms with E-state index in [2.05, 4.69) is 40.6 Å². The van der Waals surface area contributed by atoms with Gasteiger partial charge in [-0.05, 0) is 24.6 Å². The Kier molecular flexibility index (Phi) is 6.95. The van der Waals surface area contributed by atoms with Gasteiger partial charge >= 0.3 is 0 Å². The van der Waals surface area contributed by atoms with Crippen molar-refractivity contribution in [2.75, 3.05) is 26.6 Å². The van der Waals surface area contributed by atoms with Gasteiger partial charge in [0.2, 0.25) is 10.9 Å². The molecule has 152 valence electrons. The molecule has 1 N–H and O–H groups in total. The van der Waals surface area contributed by atoms with Gasteiger partial charge in [-0.3, -0.25) is 10.1 Å². The van der Waals surface area contributed by atoms with Crippen LogP contribution >= 0.6 is 23.1 Å². The number of hydrogen-bond donors (Lipinski definition) is 1. The largest absolute Gasteiger partial charge is 0.493 e. The van der Waals surface area contributed by atoms with E-state index in [-0.39, 0.29) is 5.91 Å². The van der Waals surface area contributed by atoms with Crippen LogP contribution in [0.2, 0.25) is 0 Å². The maximum absolute atomic E-state index is 12.6. The van der Waals surface area contributed by atoms with Gasteiger partial charge in [0.1, 0.15) is 0 Å². The number of carbonyl (C=O) groups is 1. The van der Waals surface area contributed by atoms with Crippen molar-refractivity contribution in [2.24, 2.45) is 0 Å². The Morgan fingerprint density at radius 1 is 1.07 bits per heavy atom. The van der Waals surface area contributed by atoms with Crippen LogP contribution in [0, 0.1) is 6.92 Å². The molecule has 1 amide bonds. The van der Waals surface area contributed by atoms with Gasteiger partial charge in [-0.2, -0.15) is 0 Å². The number of rotatable bonds is 8. The molecule has 0 atom stereocenters. The summed E-state index contributed by atoms with van der Waals surface area (Å²) in [5.41, 5.74) is 2.80. The minimum absolute atomic E-state index is 0.337. The molecule has 3 rings (SSSR count). The van der Waals surface area contributed by atoms with Crippen molar-refractivity contribution in [3.8, 4) is 17.2 Å². The summed E-state index contributed by atoms with van der Waals surface area (Å²) in [5, 5.41) is 11.4. The number of thioether (sulfide) groups is 1. The summed E-state index contributed by atoms with van der Waals surface area (Å²) in [7, 11) is 4.51. The number of methoxy groups -OCH3 is 3. The first-order valence-corrected chi connectivity index (χ1v) is 10.5. The summed E-state index contributed by atoms with van der Waals surface area (Å²) in [5.74, 6) is 1.69. The van der Waals surface area contributed by atoms with Crippen LogP contribution in [0.15, 0.2) is 40.7 Å². The fourth-order valence-corrected chi connectivity index (χ4v) is 4.34. The Morgan fingerprint density at radius 2 is 1.79 bits per heavy atom. The summed E-state index contributed by atoms with van der Waals surface area (Å²) in [4.78, 5) is 12.6. The number of benzene rings is 2. The lowest BCUT2D eigenvalue weighted by atomic mass is 10.1. The number of ether oxygens (including phenoxy) is 3. The van der Waals surface area contributed by atoms with Crippen molar-refractivity contribution >= 4 is 34.1 Å². The van der Waals surface area contributed by atoms with Crippen molar-refractivity contribution in [3.05, 3.63) is 53.1 Å². The highest BCUT2D eigenvalue weighted by Crippen LogP contribution is 2.38. The number of nitrogens with one attached hydrogen (secondary N) is 1. The second kappa shape index (κ2) is 9.62. The molecule has 0 fully saturated rings. The lowest BCUT2D eigenvalue weighted by molar-refractivity contribution is 0.102. The third kappa shape index (κ3) is 5.18. The van der Waals surface area contributed by atoms with Gasteiger partial charge in [0.05, 0.1) is 21.3 Å². The number of carbonyl (C=O) groups excluding carboxylic acids is 1. The molecule has 0 unspecified atom stereocenters. The molecule has 29 heavy (non-hydrogen) atoms. The fraction of sp³-hybridized carbons (Fsp3) is 0.250. The highest BCUT2D eigenvalue weighted by atomic mass is 32.2. The molecule has 0 aliphatic heterocycles. The van der Waals surface area contributed by atoms with E-state index in [4.69, 9.17) is 14.2 Å². The second-order valence-corrected chi connectivity index (χ2v) is 8.22. The molecule has 0 saturated carbocycles. The van der Waals surface area contributed by atoms with Crippen LogP contribution < -0.4 is 19.5 Å². The van der Waals surface area contributed by atoms with Gasteiger partial charge in [-0.1, -0.05) is 52.9 Å². The maximum Gasteiger partial charge on any atom is 0.257 e. The number of nitrogens with zero attached hydrogens (tertiary/aromatic N) is 2. The van der Waals surface area contributed by atoms with Crippen LogP contribution in [0.25, 0.3) is 0 Å². The number of amides is 1. The zero-order valence-corrected chi connectivity index (χ0v) is 18.1. The summed E-state index contributed by atoms with van der Waals surface area (Å²) in [6, 6.07) is 11.5. The molecule has 1 heterocycles. The van der Waals surface area contributed by atoms with Crippen molar-refractivity contribution in [1.29, 1.82) is 0 Å². The average Bonchev–Trinajstić information content (AvgIpc) is 3.18. The van der Waals surface area contributed by atoms with Crippen LogP contribution in [0.1, 0.15) is 21.5 Å². The van der Waals surface area contributed by atoms with Crippen LogP contribution in [0.3, 0.4) is 0 Å². The highest BCUT2D eigenvalue weighted by Gasteiger charge is 2.18. The molecule has 1 aromatic heterocycles. The summed E-state index contributed by atoms with van der Waals surface area (Å²) >= 11 is 2.91. The molecule has 0 radical (unpaired) electrons. The van der Waals surface area contributed by atoms with Crippen molar-refractivity contribution in [1.82, 2.24) is 10.2 Å². The Hall–Kier alpha value is -2.78. The molecule has 0 aliphatic carbocycles. The molecule has 3 aromatic rings. The normalized spacial score (nSPS) is 10.5. The topological polar surface area (TPSA) is 82.6 Å². The van der Waals surface area contributed by atoms with E-state index in [9.17, 15) is 4.79 Å². The third-order valence-corrected chi connectivity index (χ3v) is 6.04. The highest BCUT2D eigenvalue weighted by molar-refractivity contribution is 8.00. The predicted octanol–water partition coefficient (Wildman–Crippen LogP) is 4.42. The minimum atomic E-state index is -0.337. The van der Waals surface area contributed by atoms with E-state index in [0.717, 1.165) is 10.1 Å². The molecular formula is C20H21N3O4S2. The Morgan fingerprint density at radius 3 is 2.41 bits per heavy atom. The van der Waals surface area contributed by atoms with Gasteiger partial charge < -0.3 is 14.2 Å². The zero-order valence-electron chi connectivity index (χ0n) is 16.5. The van der Waals surface area contributed by atoms with Crippen molar-refractivity contribution in [2.45, 2.75) is 17.0 Å². The first-order chi connectivity index (χ1) is 14.0. The van der Waals surface area contributed by atoms with Gasteiger partial charge in [0, 0.05) is 11.3 Å². The van der Waals surface area contributed by atoms with E-state index >= 15 is 0 Å². The van der Waals surface area contributed by atoms with Crippen molar-refractivity contribution in [3.63, 3.8) is 0 Å². The van der Waals surface area contributed by atoms with Gasteiger partial charge in [0.15, 0.2) is 15.8 Å². The zero-order chi connectivity index (χ0) is 20.8. The van der Waals surface area contributed by atoms with Crippen LogP contribution in [-0.4, -0.2) is 37.4 Å². The van der Waals surface area contributed by atoms with Crippen molar-refractivity contribution < 1.29 is 19.0 Å². The van der Waals surface area contributed by atoms with E-state index < -0.39 is 0 Å². The monoisotopic (exact) mass is 431 g/mol. The molecule has 2 aromatic carbocycles. The van der Waals surface area contributed by atoms with E-state index in [1.807, 2.05) is 6.07 Å². The van der Waals surface area contributed by atoms with Gasteiger partial charge in [-0.15, -0.1) is 10.2 Å². The molecule has 0 aliphatic rings. The summed E-state index contributed by atoms with van der Waals surface area (Å²) in [6.45, 7) is 2.07. The first kappa shape index (κ1) is 20.9. The van der Waals surface area contributed by atoms with Gasteiger partial charge in [0.25, 0.3) is 5.91 Å². The number of hydrogen-bond acceptors (Lipinski definition) is 8. The summed E-state index contributed by atoms with van der Waals surface area (Å²) in [6.07, 6.45) is 0. The predicted molar refractivity (Wildman–Crippen MR) is 115 cm³/mol.